The fraction of sp³-hybridized carbons (Fsp3) is 0.0556. The van der Waals surface area contributed by atoms with Crippen LogP contribution in [0.4, 0.5) is 0 Å². The third-order valence-electron chi connectivity index (χ3n) is 3.83. The molecule has 24 heavy (non-hydrogen) atoms. The minimum atomic E-state index is -0.141. The Kier molecular flexibility index (Phi) is 3.55. The van der Waals surface area contributed by atoms with Gasteiger partial charge in [-0.15, -0.1) is 0 Å². The molecule has 118 valence electrons. The number of hydrogen-bond acceptors (Lipinski definition) is 3. The van der Waals surface area contributed by atoms with Crippen molar-refractivity contribution in [1.29, 1.82) is 0 Å². The number of rotatable bonds is 4. The van der Waals surface area contributed by atoms with E-state index in [0.29, 0.717) is 12.1 Å². The van der Waals surface area contributed by atoms with Crippen molar-refractivity contribution in [1.82, 2.24) is 25.3 Å². The molecule has 0 saturated heterocycles. The van der Waals surface area contributed by atoms with Gasteiger partial charge in [0.15, 0.2) is 0 Å². The van der Waals surface area contributed by atoms with E-state index in [2.05, 4.69) is 20.6 Å². The topological polar surface area (TPSA) is 75.6 Å². The van der Waals surface area contributed by atoms with Crippen molar-refractivity contribution >= 4 is 16.8 Å². The molecular formula is C18H15N5O. The zero-order valence-electron chi connectivity index (χ0n) is 12.8. The zero-order valence-corrected chi connectivity index (χ0v) is 12.8. The number of fused-ring (bicyclic) bond motifs is 1. The smallest absolute Gasteiger partial charge is 0.253 e. The fourth-order valence-corrected chi connectivity index (χ4v) is 2.61. The van der Waals surface area contributed by atoms with Crippen molar-refractivity contribution in [2.24, 2.45) is 0 Å². The molecule has 2 aromatic carbocycles. The summed E-state index contributed by atoms with van der Waals surface area (Å²) in [6.45, 7) is 0.413. The first kappa shape index (κ1) is 14.2. The van der Waals surface area contributed by atoms with Crippen LogP contribution in [-0.4, -0.2) is 25.9 Å². The SMILES string of the molecule is O=C(NCc1cnn(-c2ccccc2)c1)c1cccc2cn[nH]c12. The molecule has 6 heteroatoms. The summed E-state index contributed by atoms with van der Waals surface area (Å²) < 4.78 is 1.79. The number of benzene rings is 2. The van der Waals surface area contributed by atoms with Crippen LogP contribution in [0.25, 0.3) is 16.6 Å². The van der Waals surface area contributed by atoms with Gasteiger partial charge in [0.05, 0.1) is 29.2 Å². The molecule has 2 heterocycles. The largest absolute Gasteiger partial charge is 0.348 e. The monoisotopic (exact) mass is 317 g/mol. The van der Waals surface area contributed by atoms with E-state index in [1.807, 2.05) is 48.7 Å². The van der Waals surface area contributed by atoms with E-state index in [9.17, 15) is 4.79 Å². The molecule has 1 amide bonds. The summed E-state index contributed by atoms with van der Waals surface area (Å²) in [5.41, 5.74) is 3.25. The Bertz CT molecular complexity index is 987. The van der Waals surface area contributed by atoms with Crippen LogP contribution in [0.15, 0.2) is 67.1 Å². The Hall–Kier alpha value is -3.41. The normalized spacial score (nSPS) is 10.8. The van der Waals surface area contributed by atoms with Crippen LogP contribution in [0.1, 0.15) is 15.9 Å². The predicted octanol–water partition coefficient (Wildman–Crippen LogP) is 2.68. The summed E-state index contributed by atoms with van der Waals surface area (Å²) >= 11 is 0. The van der Waals surface area contributed by atoms with E-state index in [0.717, 1.165) is 22.2 Å². The highest BCUT2D eigenvalue weighted by Crippen LogP contribution is 2.15. The lowest BCUT2D eigenvalue weighted by atomic mass is 10.1. The van der Waals surface area contributed by atoms with E-state index < -0.39 is 0 Å². The van der Waals surface area contributed by atoms with Gasteiger partial charge in [-0.2, -0.15) is 10.2 Å². The molecule has 0 fully saturated rings. The molecule has 0 aliphatic carbocycles. The first-order chi connectivity index (χ1) is 11.8. The van der Waals surface area contributed by atoms with Gasteiger partial charge in [0.25, 0.3) is 5.91 Å². The second-order valence-corrected chi connectivity index (χ2v) is 5.45. The maximum Gasteiger partial charge on any atom is 0.253 e. The first-order valence-corrected chi connectivity index (χ1v) is 7.60. The van der Waals surface area contributed by atoms with Gasteiger partial charge < -0.3 is 5.32 Å². The number of aromatic amines is 1. The lowest BCUT2D eigenvalue weighted by Crippen LogP contribution is -2.22. The second kappa shape index (κ2) is 6.00. The molecule has 2 N–H and O–H groups in total. The van der Waals surface area contributed by atoms with Gasteiger partial charge in [0.1, 0.15) is 0 Å². The molecule has 0 radical (unpaired) electrons. The molecule has 0 saturated carbocycles. The van der Waals surface area contributed by atoms with Crippen LogP contribution < -0.4 is 5.32 Å². The molecule has 4 rings (SSSR count). The molecule has 0 aliphatic rings. The second-order valence-electron chi connectivity index (χ2n) is 5.45. The van der Waals surface area contributed by atoms with Crippen LogP contribution >= 0.6 is 0 Å². The molecular weight excluding hydrogens is 302 g/mol. The molecule has 0 atom stereocenters. The maximum atomic E-state index is 12.4. The van der Waals surface area contributed by atoms with Crippen LogP contribution in [0, 0.1) is 0 Å². The standard InChI is InChI=1S/C18H15N5O/c24-18(16-8-4-5-14-11-20-22-17(14)16)19-9-13-10-21-23(12-13)15-6-2-1-3-7-15/h1-8,10-12H,9H2,(H,19,24)(H,20,22). The number of nitrogens with one attached hydrogen (secondary N) is 2. The Labute approximate surface area is 138 Å². The minimum Gasteiger partial charge on any atom is -0.348 e. The van der Waals surface area contributed by atoms with Gasteiger partial charge in [0.2, 0.25) is 0 Å². The number of aromatic nitrogens is 4. The van der Waals surface area contributed by atoms with E-state index in [-0.39, 0.29) is 5.91 Å². The van der Waals surface area contributed by atoms with Crippen molar-refractivity contribution < 1.29 is 4.79 Å². The Morgan fingerprint density at radius 2 is 1.96 bits per heavy atom. The summed E-state index contributed by atoms with van der Waals surface area (Å²) in [5.74, 6) is -0.141. The van der Waals surface area contributed by atoms with E-state index >= 15 is 0 Å². The van der Waals surface area contributed by atoms with Crippen molar-refractivity contribution in [2.45, 2.75) is 6.54 Å². The molecule has 0 spiro atoms. The van der Waals surface area contributed by atoms with Crippen molar-refractivity contribution in [3.05, 3.63) is 78.2 Å². The molecule has 4 aromatic rings. The van der Waals surface area contributed by atoms with Crippen molar-refractivity contribution in [3.8, 4) is 5.69 Å². The van der Waals surface area contributed by atoms with Gasteiger partial charge in [0, 0.05) is 23.7 Å². The number of para-hydroxylation sites is 2. The fourth-order valence-electron chi connectivity index (χ4n) is 2.61. The summed E-state index contributed by atoms with van der Waals surface area (Å²) in [6.07, 6.45) is 5.37. The summed E-state index contributed by atoms with van der Waals surface area (Å²) in [7, 11) is 0. The number of carbonyl (C=O) groups is 1. The summed E-state index contributed by atoms with van der Waals surface area (Å²) in [4.78, 5) is 12.4. The van der Waals surface area contributed by atoms with Crippen molar-refractivity contribution in [2.75, 3.05) is 0 Å². The summed E-state index contributed by atoms with van der Waals surface area (Å²) in [5, 5.41) is 15.0. The molecule has 0 aliphatic heterocycles. The number of nitrogens with zero attached hydrogens (tertiary/aromatic N) is 3. The minimum absolute atomic E-state index is 0.141. The van der Waals surface area contributed by atoms with Gasteiger partial charge in [-0.25, -0.2) is 4.68 Å². The third-order valence-corrected chi connectivity index (χ3v) is 3.83. The van der Waals surface area contributed by atoms with Crippen LogP contribution in [0.5, 0.6) is 0 Å². The lowest BCUT2D eigenvalue weighted by Gasteiger charge is -2.04. The van der Waals surface area contributed by atoms with Crippen LogP contribution in [-0.2, 0) is 6.54 Å². The molecule has 0 unspecified atom stereocenters. The maximum absolute atomic E-state index is 12.4. The first-order valence-electron chi connectivity index (χ1n) is 7.60. The Morgan fingerprint density at radius 1 is 1.08 bits per heavy atom. The summed E-state index contributed by atoms with van der Waals surface area (Å²) in [6, 6.07) is 15.4. The van der Waals surface area contributed by atoms with Crippen LogP contribution in [0.3, 0.4) is 0 Å². The number of H-pyrrole nitrogens is 1. The Morgan fingerprint density at radius 3 is 2.83 bits per heavy atom. The lowest BCUT2D eigenvalue weighted by molar-refractivity contribution is 0.0952. The average molecular weight is 317 g/mol. The van der Waals surface area contributed by atoms with Gasteiger partial charge in [-0.1, -0.05) is 30.3 Å². The molecule has 2 aromatic heterocycles. The third kappa shape index (κ3) is 2.65. The molecule has 0 bridgehead atoms. The zero-order chi connectivity index (χ0) is 16.4. The van der Waals surface area contributed by atoms with E-state index in [1.165, 1.54) is 0 Å². The van der Waals surface area contributed by atoms with E-state index in [1.54, 1.807) is 23.1 Å². The Balaban J connectivity index is 1.48. The highest BCUT2D eigenvalue weighted by atomic mass is 16.1. The van der Waals surface area contributed by atoms with Gasteiger partial charge in [-0.3, -0.25) is 9.89 Å². The molecule has 6 nitrogen and oxygen atoms in total. The van der Waals surface area contributed by atoms with E-state index in [4.69, 9.17) is 0 Å². The number of carbonyl (C=O) groups excluding carboxylic acids is 1. The number of amides is 1. The quantitative estimate of drug-likeness (QED) is 0.607. The average Bonchev–Trinajstić information content (AvgIpc) is 3.29. The predicted molar refractivity (Wildman–Crippen MR) is 90.8 cm³/mol. The van der Waals surface area contributed by atoms with Gasteiger partial charge in [-0.05, 0) is 18.2 Å². The highest BCUT2D eigenvalue weighted by molar-refractivity contribution is 6.05. The van der Waals surface area contributed by atoms with Gasteiger partial charge >= 0.3 is 0 Å². The highest BCUT2D eigenvalue weighted by Gasteiger charge is 2.11. The van der Waals surface area contributed by atoms with Crippen LogP contribution in [0.2, 0.25) is 0 Å². The van der Waals surface area contributed by atoms with Crippen molar-refractivity contribution in [3.63, 3.8) is 0 Å². The number of hydrogen-bond donors (Lipinski definition) is 2.